The Morgan fingerprint density at radius 2 is 1.73 bits per heavy atom. The summed E-state index contributed by atoms with van der Waals surface area (Å²) in [6, 6.07) is 6.76. The van der Waals surface area contributed by atoms with Crippen molar-refractivity contribution < 1.29 is 14.7 Å². The fourth-order valence-electron chi connectivity index (χ4n) is 4.00. The van der Waals surface area contributed by atoms with E-state index in [1.54, 1.807) is 12.1 Å². The van der Waals surface area contributed by atoms with Gasteiger partial charge in [-0.05, 0) is 49.8 Å². The van der Waals surface area contributed by atoms with Gasteiger partial charge in [0, 0.05) is 18.2 Å². The molecule has 2 fully saturated rings. The molecular weight excluding hydrogens is 278 g/mol. The number of carboxylic acid groups (broad SMARTS) is 1. The Hall–Kier alpha value is -1.84. The zero-order valence-electron chi connectivity index (χ0n) is 12.8. The number of hydrogen-bond acceptors (Lipinski definition) is 2. The van der Waals surface area contributed by atoms with E-state index >= 15 is 0 Å². The van der Waals surface area contributed by atoms with Crippen molar-refractivity contribution in [3.63, 3.8) is 0 Å². The third kappa shape index (κ3) is 3.01. The summed E-state index contributed by atoms with van der Waals surface area (Å²) >= 11 is 0. The Kier molecular flexibility index (Phi) is 4.46. The lowest BCUT2D eigenvalue weighted by atomic mass is 9.83. The monoisotopic (exact) mass is 301 g/mol. The second-order valence-electron chi connectivity index (χ2n) is 6.49. The highest BCUT2D eigenvalue weighted by Gasteiger charge is 2.35. The molecule has 1 aromatic rings. The minimum absolute atomic E-state index is 0.00354. The smallest absolute Gasteiger partial charge is 0.335 e. The van der Waals surface area contributed by atoms with Gasteiger partial charge in [-0.1, -0.05) is 25.3 Å². The molecule has 1 saturated carbocycles. The largest absolute Gasteiger partial charge is 0.478 e. The van der Waals surface area contributed by atoms with Gasteiger partial charge in [0.1, 0.15) is 0 Å². The molecule has 0 bridgehead atoms. The van der Waals surface area contributed by atoms with E-state index in [2.05, 4.69) is 0 Å². The second kappa shape index (κ2) is 6.51. The standard InChI is InChI=1S/C18H23NO3/c20-17(14-8-4-9-15(12-14)18(21)22)19-11-5-10-16(19)13-6-2-1-3-7-13/h4,8-9,12-13,16H,1-3,5-7,10-11H2,(H,21,22). The van der Waals surface area contributed by atoms with E-state index in [9.17, 15) is 9.59 Å². The highest BCUT2D eigenvalue weighted by molar-refractivity contribution is 5.97. The molecule has 1 aromatic carbocycles. The van der Waals surface area contributed by atoms with Gasteiger partial charge in [-0.3, -0.25) is 4.79 Å². The maximum absolute atomic E-state index is 12.8. The Morgan fingerprint density at radius 1 is 1.00 bits per heavy atom. The first kappa shape index (κ1) is 15.1. The van der Waals surface area contributed by atoms with Crippen molar-refractivity contribution >= 4 is 11.9 Å². The fourth-order valence-corrected chi connectivity index (χ4v) is 4.00. The van der Waals surface area contributed by atoms with Crippen LogP contribution >= 0.6 is 0 Å². The average molecular weight is 301 g/mol. The van der Waals surface area contributed by atoms with E-state index in [-0.39, 0.29) is 11.5 Å². The van der Waals surface area contributed by atoms with E-state index in [1.165, 1.54) is 44.2 Å². The van der Waals surface area contributed by atoms with Crippen molar-refractivity contribution in [1.82, 2.24) is 4.90 Å². The van der Waals surface area contributed by atoms with Crippen LogP contribution < -0.4 is 0 Å². The normalized spacial score (nSPS) is 22.7. The number of amides is 1. The summed E-state index contributed by atoms with van der Waals surface area (Å²) in [6.07, 6.45) is 8.47. The molecule has 0 radical (unpaired) electrons. The molecule has 3 rings (SSSR count). The van der Waals surface area contributed by atoms with Crippen LogP contribution in [0.1, 0.15) is 65.7 Å². The van der Waals surface area contributed by atoms with Crippen LogP contribution in [0, 0.1) is 5.92 Å². The van der Waals surface area contributed by atoms with Crippen LogP contribution in [0.2, 0.25) is 0 Å². The summed E-state index contributed by atoms with van der Waals surface area (Å²) in [7, 11) is 0. The molecule has 1 N–H and O–H groups in total. The van der Waals surface area contributed by atoms with Crippen molar-refractivity contribution in [2.45, 2.75) is 51.0 Å². The second-order valence-corrected chi connectivity index (χ2v) is 6.49. The minimum atomic E-state index is -0.986. The molecule has 1 aliphatic heterocycles. The number of carbonyl (C=O) groups is 2. The van der Waals surface area contributed by atoms with Crippen molar-refractivity contribution in [3.05, 3.63) is 35.4 Å². The van der Waals surface area contributed by atoms with Crippen LogP contribution in [0.15, 0.2) is 24.3 Å². The van der Waals surface area contributed by atoms with Gasteiger partial charge in [0.2, 0.25) is 0 Å². The Balaban J connectivity index is 1.78. The molecule has 1 aliphatic carbocycles. The summed E-state index contributed by atoms with van der Waals surface area (Å²) in [5, 5.41) is 9.09. The van der Waals surface area contributed by atoms with E-state index in [0.29, 0.717) is 17.5 Å². The number of aromatic carboxylic acids is 1. The maximum Gasteiger partial charge on any atom is 0.335 e. The van der Waals surface area contributed by atoms with E-state index in [0.717, 1.165) is 19.4 Å². The van der Waals surface area contributed by atoms with E-state index in [1.807, 2.05) is 4.90 Å². The highest BCUT2D eigenvalue weighted by Crippen LogP contribution is 2.35. The maximum atomic E-state index is 12.8. The first-order chi connectivity index (χ1) is 10.7. The number of carbonyl (C=O) groups excluding carboxylic acids is 1. The molecule has 4 heteroatoms. The molecule has 1 amide bonds. The molecule has 118 valence electrons. The van der Waals surface area contributed by atoms with Gasteiger partial charge in [-0.2, -0.15) is 0 Å². The van der Waals surface area contributed by atoms with Gasteiger partial charge in [-0.25, -0.2) is 4.79 Å². The molecule has 1 saturated heterocycles. The van der Waals surface area contributed by atoms with Gasteiger partial charge in [0.15, 0.2) is 0 Å². The van der Waals surface area contributed by atoms with E-state index in [4.69, 9.17) is 5.11 Å². The third-order valence-corrected chi connectivity index (χ3v) is 5.11. The number of carboxylic acids is 1. The number of rotatable bonds is 3. The van der Waals surface area contributed by atoms with Crippen LogP contribution in [-0.4, -0.2) is 34.5 Å². The Morgan fingerprint density at radius 3 is 2.45 bits per heavy atom. The lowest BCUT2D eigenvalue weighted by molar-refractivity contribution is 0.0661. The van der Waals surface area contributed by atoms with Crippen molar-refractivity contribution in [2.24, 2.45) is 5.92 Å². The van der Waals surface area contributed by atoms with Crippen molar-refractivity contribution in [2.75, 3.05) is 6.54 Å². The molecule has 1 atom stereocenters. The number of benzene rings is 1. The van der Waals surface area contributed by atoms with Crippen LogP contribution in [-0.2, 0) is 0 Å². The molecule has 2 aliphatic rings. The SMILES string of the molecule is O=C(O)c1cccc(C(=O)N2CCCC2C2CCCCC2)c1. The zero-order valence-corrected chi connectivity index (χ0v) is 12.8. The summed E-state index contributed by atoms with van der Waals surface area (Å²) < 4.78 is 0. The topological polar surface area (TPSA) is 57.6 Å². The fraction of sp³-hybridized carbons (Fsp3) is 0.556. The van der Waals surface area contributed by atoms with Gasteiger partial charge in [0.05, 0.1) is 5.56 Å². The van der Waals surface area contributed by atoms with Crippen molar-refractivity contribution in [1.29, 1.82) is 0 Å². The minimum Gasteiger partial charge on any atom is -0.478 e. The van der Waals surface area contributed by atoms with E-state index < -0.39 is 5.97 Å². The first-order valence-corrected chi connectivity index (χ1v) is 8.31. The molecule has 1 unspecified atom stereocenters. The Labute approximate surface area is 131 Å². The number of nitrogens with zero attached hydrogens (tertiary/aromatic N) is 1. The number of hydrogen-bond donors (Lipinski definition) is 1. The predicted octanol–water partition coefficient (Wildman–Crippen LogP) is 3.57. The van der Waals surface area contributed by atoms with Gasteiger partial charge >= 0.3 is 5.97 Å². The quantitative estimate of drug-likeness (QED) is 0.928. The summed E-state index contributed by atoms with van der Waals surface area (Å²) in [5.41, 5.74) is 0.682. The third-order valence-electron chi connectivity index (χ3n) is 5.11. The molecular formula is C18H23NO3. The summed E-state index contributed by atoms with van der Waals surface area (Å²) in [6.45, 7) is 0.803. The lowest BCUT2D eigenvalue weighted by Gasteiger charge is -2.34. The van der Waals surface area contributed by atoms with Gasteiger partial charge < -0.3 is 10.0 Å². The van der Waals surface area contributed by atoms with Crippen molar-refractivity contribution in [3.8, 4) is 0 Å². The molecule has 4 nitrogen and oxygen atoms in total. The molecule has 0 spiro atoms. The van der Waals surface area contributed by atoms with Gasteiger partial charge in [0.25, 0.3) is 5.91 Å². The number of likely N-dealkylation sites (tertiary alicyclic amines) is 1. The first-order valence-electron chi connectivity index (χ1n) is 8.31. The Bertz CT molecular complexity index is 563. The predicted molar refractivity (Wildman–Crippen MR) is 84.0 cm³/mol. The molecule has 22 heavy (non-hydrogen) atoms. The average Bonchev–Trinajstić information content (AvgIpc) is 3.04. The highest BCUT2D eigenvalue weighted by atomic mass is 16.4. The summed E-state index contributed by atoms with van der Waals surface area (Å²) in [4.78, 5) is 25.9. The van der Waals surface area contributed by atoms with Crippen LogP contribution in [0.5, 0.6) is 0 Å². The van der Waals surface area contributed by atoms with Crippen LogP contribution in [0.3, 0.4) is 0 Å². The lowest BCUT2D eigenvalue weighted by Crippen LogP contribution is -2.40. The van der Waals surface area contributed by atoms with Crippen LogP contribution in [0.4, 0.5) is 0 Å². The molecule has 0 aromatic heterocycles. The summed E-state index contributed by atoms with van der Waals surface area (Å²) in [5.74, 6) is -0.362. The van der Waals surface area contributed by atoms with Crippen LogP contribution in [0.25, 0.3) is 0 Å². The molecule has 1 heterocycles. The zero-order chi connectivity index (χ0) is 15.5. The van der Waals surface area contributed by atoms with Gasteiger partial charge in [-0.15, -0.1) is 0 Å².